The van der Waals surface area contributed by atoms with Crippen LogP contribution in [0.4, 0.5) is 8.78 Å². The van der Waals surface area contributed by atoms with E-state index in [2.05, 4.69) is 52.0 Å². The average Bonchev–Trinajstić information content (AvgIpc) is 2.94. The summed E-state index contributed by atoms with van der Waals surface area (Å²) in [6.07, 6.45) is 12.9. The van der Waals surface area contributed by atoms with Gasteiger partial charge in [0.2, 0.25) is 5.82 Å². The summed E-state index contributed by atoms with van der Waals surface area (Å²) in [6.45, 7) is 9.52. The Hall–Kier alpha value is -2.68. The molecule has 0 aliphatic carbocycles. The highest BCUT2D eigenvalue weighted by molar-refractivity contribution is 5.84. The van der Waals surface area contributed by atoms with Crippen molar-refractivity contribution in [2.24, 2.45) is 11.8 Å². The van der Waals surface area contributed by atoms with Crippen molar-refractivity contribution in [2.75, 3.05) is 6.61 Å². The highest BCUT2D eigenvalue weighted by Gasteiger charge is 2.18. The van der Waals surface area contributed by atoms with E-state index in [1.54, 1.807) is 12.1 Å². The van der Waals surface area contributed by atoms with Gasteiger partial charge in [-0.15, -0.1) is 0 Å². The number of hydrogen-bond acceptors (Lipinski definition) is 1. The zero-order valence-corrected chi connectivity index (χ0v) is 24.6. The smallest absolute Gasteiger partial charge is 0.201 e. The van der Waals surface area contributed by atoms with Gasteiger partial charge in [0, 0.05) is 5.56 Å². The lowest BCUT2D eigenvalue weighted by Crippen LogP contribution is -2.02. The minimum Gasteiger partial charge on any atom is -0.490 e. The van der Waals surface area contributed by atoms with Crippen molar-refractivity contribution in [1.29, 1.82) is 0 Å². The highest BCUT2D eigenvalue weighted by atomic mass is 19.2. The Bertz CT molecular complexity index is 1120. The van der Waals surface area contributed by atoms with E-state index in [1.165, 1.54) is 50.5 Å². The van der Waals surface area contributed by atoms with Crippen molar-refractivity contribution in [2.45, 2.75) is 98.3 Å². The number of hydrogen-bond donors (Lipinski definition) is 0. The first-order valence-electron chi connectivity index (χ1n) is 15.2. The minimum atomic E-state index is -0.911. The zero-order valence-electron chi connectivity index (χ0n) is 24.6. The van der Waals surface area contributed by atoms with E-state index in [9.17, 15) is 4.39 Å². The molecule has 39 heavy (non-hydrogen) atoms. The normalized spacial score (nSPS) is 12.2. The zero-order chi connectivity index (χ0) is 28.0. The van der Waals surface area contributed by atoms with Crippen molar-refractivity contribution in [1.82, 2.24) is 0 Å². The van der Waals surface area contributed by atoms with Crippen LogP contribution in [0, 0.1) is 23.5 Å². The molecule has 0 saturated carbocycles. The summed E-state index contributed by atoms with van der Waals surface area (Å²) in [5.41, 5.74) is 4.15. The van der Waals surface area contributed by atoms with Crippen molar-refractivity contribution in [3.8, 4) is 28.0 Å². The molecule has 212 valence electrons. The van der Waals surface area contributed by atoms with E-state index in [-0.39, 0.29) is 11.3 Å². The van der Waals surface area contributed by atoms with Crippen molar-refractivity contribution >= 4 is 0 Å². The predicted octanol–water partition coefficient (Wildman–Crippen LogP) is 11.4. The molecule has 0 amide bonds. The molecule has 3 heteroatoms. The van der Waals surface area contributed by atoms with Crippen LogP contribution >= 0.6 is 0 Å². The molecule has 1 unspecified atom stereocenters. The molecule has 3 aromatic carbocycles. The third-order valence-electron chi connectivity index (χ3n) is 7.69. The standard InChI is InChI=1S/C36H48F2O/c1-5-6-7-8-9-12-26-39-34-25-24-33(35(37)36(34)38)32-17-11-10-16-31(32)30-22-20-29(21-23-30)19-18-28(4)15-13-14-27(2)3/h10-11,16-17,20-25,27-28H,5-9,12-15,18-19,26H2,1-4H3. The van der Waals surface area contributed by atoms with Gasteiger partial charge in [0.25, 0.3) is 0 Å². The minimum absolute atomic E-state index is 0.00919. The van der Waals surface area contributed by atoms with Crippen molar-refractivity contribution in [3.63, 3.8) is 0 Å². The Balaban J connectivity index is 1.64. The molecule has 0 N–H and O–H groups in total. The summed E-state index contributed by atoms with van der Waals surface area (Å²) in [7, 11) is 0. The maximum atomic E-state index is 15.3. The third kappa shape index (κ3) is 9.78. The van der Waals surface area contributed by atoms with E-state index in [1.807, 2.05) is 24.3 Å². The summed E-state index contributed by atoms with van der Waals surface area (Å²) < 4.78 is 35.9. The summed E-state index contributed by atoms with van der Waals surface area (Å²) in [5.74, 6) is -0.277. The second kappa shape index (κ2) is 16.4. The molecule has 0 bridgehead atoms. The summed E-state index contributed by atoms with van der Waals surface area (Å²) in [5, 5.41) is 0. The van der Waals surface area contributed by atoms with E-state index in [0.717, 1.165) is 48.6 Å². The molecule has 0 radical (unpaired) electrons. The maximum absolute atomic E-state index is 15.3. The fourth-order valence-corrected chi connectivity index (χ4v) is 5.17. The van der Waals surface area contributed by atoms with E-state index in [4.69, 9.17) is 4.74 Å². The van der Waals surface area contributed by atoms with Crippen LogP contribution in [0.2, 0.25) is 0 Å². The van der Waals surface area contributed by atoms with Gasteiger partial charge in [0.1, 0.15) is 0 Å². The summed E-state index contributed by atoms with van der Waals surface area (Å²) in [4.78, 5) is 0. The Kier molecular flexibility index (Phi) is 13.0. The average molecular weight is 535 g/mol. The fraction of sp³-hybridized carbons (Fsp3) is 0.500. The van der Waals surface area contributed by atoms with Crippen LogP contribution < -0.4 is 4.74 Å². The molecular weight excluding hydrogens is 486 g/mol. The SMILES string of the molecule is CCCCCCCCOc1ccc(-c2ccccc2-c2ccc(CCC(C)CCCC(C)C)cc2)c(F)c1F. The molecule has 0 aromatic heterocycles. The van der Waals surface area contributed by atoms with Gasteiger partial charge in [0.05, 0.1) is 6.61 Å². The molecule has 1 nitrogen and oxygen atoms in total. The molecule has 0 aliphatic heterocycles. The van der Waals surface area contributed by atoms with Gasteiger partial charge < -0.3 is 4.74 Å². The predicted molar refractivity (Wildman–Crippen MR) is 162 cm³/mol. The quantitative estimate of drug-likeness (QED) is 0.156. The van der Waals surface area contributed by atoms with Gasteiger partial charge in [-0.3, -0.25) is 0 Å². The third-order valence-corrected chi connectivity index (χ3v) is 7.69. The lowest BCUT2D eigenvalue weighted by Gasteiger charge is -2.15. The monoisotopic (exact) mass is 534 g/mol. The second-order valence-electron chi connectivity index (χ2n) is 11.6. The molecule has 0 saturated heterocycles. The topological polar surface area (TPSA) is 9.23 Å². The molecule has 0 spiro atoms. The van der Waals surface area contributed by atoms with E-state index in [0.29, 0.717) is 12.2 Å². The molecule has 0 heterocycles. The highest BCUT2D eigenvalue weighted by Crippen LogP contribution is 2.36. The first-order chi connectivity index (χ1) is 18.9. The molecule has 0 fully saturated rings. The van der Waals surface area contributed by atoms with Crippen LogP contribution in [0.15, 0.2) is 60.7 Å². The summed E-state index contributed by atoms with van der Waals surface area (Å²) in [6, 6.07) is 19.4. The number of aryl methyl sites for hydroxylation is 1. The van der Waals surface area contributed by atoms with Crippen LogP contribution in [-0.2, 0) is 6.42 Å². The lowest BCUT2D eigenvalue weighted by atomic mass is 9.92. The Morgan fingerprint density at radius 1 is 0.641 bits per heavy atom. The lowest BCUT2D eigenvalue weighted by molar-refractivity contribution is 0.285. The van der Waals surface area contributed by atoms with E-state index >= 15 is 4.39 Å². The second-order valence-corrected chi connectivity index (χ2v) is 11.6. The van der Waals surface area contributed by atoms with Crippen molar-refractivity contribution < 1.29 is 13.5 Å². The maximum Gasteiger partial charge on any atom is 0.201 e. The van der Waals surface area contributed by atoms with Gasteiger partial charge in [-0.1, -0.05) is 128 Å². The van der Waals surface area contributed by atoms with Gasteiger partial charge in [-0.2, -0.15) is 4.39 Å². The van der Waals surface area contributed by atoms with E-state index < -0.39 is 11.6 Å². The van der Waals surface area contributed by atoms with Crippen LogP contribution in [0.3, 0.4) is 0 Å². The number of rotatable bonds is 17. The first kappa shape index (κ1) is 30.9. The molecule has 3 aromatic rings. The van der Waals surface area contributed by atoms with Gasteiger partial charge in [0.15, 0.2) is 11.6 Å². The van der Waals surface area contributed by atoms with Gasteiger partial charge in [-0.25, -0.2) is 4.39 Å². The summed E-state index contributed by atoms with van der Waals surface area (Å²) >= 11 is 0. The van der Waals surface area contributed by atoms with Crippen LogP contribution in [0.1, 0.15) is 97.5 Å². The van der Waals surface area contributed by atoms with Crippen LogP contribution in [0.25, 0.3) is 22.3 Å². The Morgan fingerprint density at radius 3 is 2.05 bits per heavy atom. The fourth-order valence-electron chi connectivity index (χ4n) is 5.17. The number of benzene rings is 3. The number of unbranched alkanes of at least 4 members (excludes halogenated alkanes) is 5. The first-order valence-corrected chi connectivity index (χ1v) is 15.2. The van der Waals surface area contributed by atoms with Gasteiger partial charge >= 0.3 is 0 Å². The van der Waals surface area contributed by atoms with Gasteiger partial charge in [-0.05, 0) is 65.5 Å². The Labute approximate surface area is 236 Å². The van der Waals surface area contributed by atoms with Crippen molar-refractivity contribution in [3.05, 3.63) is 77.9 Å². The Morgan fingerprint density at radius 2 is 1.33 bits per heavy atom. The molecular formula is C36H48F2O. The molecule has 1 atom stereocenters. The number of ether oxygens (including phenoxy) is 1. The largest absolute Gasteiger partial charge is 0.490 e. The van der Waals surface area contributed by atoms with Crippen LogP contribution in [-0.4, -0.2) is 6.61 Å². The molecule has 0 aliphatic rings. The molecule has 3 rings (SSSR count). The number of halogens is 2. The van der Waals surface area contributed by atoms with Crippen LogP contribution in [0.5, 0.6) is 5.75 Å².